The van der Waals surface area contributed by atoms with E-state index in [0.29, 0.717) is 5.92 Å². The van der Waals surface area contributed by atoms with E-state index in [9.17, 15) is 8.42 Å². The number of rotatable bonds is 7. The molecule has 1 atom stereocenters. The molecule has 1 rings (SSSR count). The van der Waals surface area contributed by atoms with Gasteiger partial charge in [-0.2, -0.15) is 8.42 Å². The largest absolute Gasteiger partial charge is 0.296 e. The van der Waals surface area contributed by atoms with Crippen LogP contribution in [0.3, 0.4) is 0 Å². The molecular formula is C14H22O3S. The first-order chi connectivity index (χ1) is 8.45. The fraction of sp³-hybridized carbons (Fsp3) is 0.571. The fourth-order valence-corrected chi connectivity index (χ4v) is 2.52. The lowest BCUT2D eigenvalue weighted by Crippen LogP contribution is -2.08. The first kappa shape index (κ1) is 15.2. The van der Waals surface area contributed by atoms with Crippen molar-refractivity contribution < 1.29 is 12.6 Å². The molecule has 0 aliphatic carbocycles. The molecule has 0 saturated carbocycles. The Hall–Kier alpha value is -0.870. The van der Waals surface area contributed by atoms with Crippen LogP contribution in [-0.4, -0.2) is 15.0 Å². The van der Waals surface area contributed by atoms with Crippen LogP contribution in [0.4, 0.5) is 0 Å². The molecule has 0 aliphatic rings. The standard InChI is InChI=1S/C14H22O3S/c1-4-12(2)6-5-11-17-18(15,16)14-9-7-13(3)8-10-14/h7-10,12H,4-6,11H2,1-3H3. The van der Waals surface area contributed by atoms with Crippen molar-refractivity contribution in [2.75, 3.05) is 6.61 Å². The Bertz CT molecular complexity index is 448. The molecule has 18 heavy (non-hydrogen) atoms. The van der Waals surface area contributed by atoms with Crippen molar-refractivity contribution in [1.82, 2.24) is 0 Å². The zero-order valence-electron chi connectivity index (χ0n) is 11.3. The van der Waals surface area contributed by atoms with E-state index in [1.807, 2.05) is 6.92 Å². The van der Waals surface area contributed by atoms with Crippen LogP contribution in [0.15, 0.2) is 29.2 Å². The zero-order chi connectivity index (χ0) is 13.6. The van der Waals surface area contributed by atoms with Gasteiger partial charge in [0.25, 0.3) is 10.1 Å². The van der Waals surface area contributed by atoms with E-state index in [2.05, 4.69) is 13.8 Å². The lowest BCUT2D eigenvalue weighted by atomic mass is 10.0. The van der Waals surface area contributed by atoms with Crippen LogP contribution in [0.5, 0.6) is 0 Å². The smallest absolute Gasteiger partial charge is 0.266 e. The summed E-state index contributed by atoms with van der Waals surface area (Å²) in [5.74, 6) is 0.621. The second kappa shape index (κ2) is 6.90. The van der Waals surface area contributed by atoms with E-state index in [1.165, 1.54) is 0 Å². The maximum absolute atomic E-state index is 11.8. The lowest BCUT2D eigenvalue weighted by molar-refractivity contribution is 0.296. The van der Waals surface area contributed by atoms with Crippen molar-refractivity contribution in [3.63, 3.8) is 0 Å². The Morgan fingerprint density at radius 1 is 1.22 bits per heavy atom. The minimum absolute atomic E-state index is 0.233. The lowest BCUT2D eigenvalue weighted by Gasteiger charge is -2.09. The number of hydrogen-bond acceptors (Lipinski definition) is 3. The average Bonchev–Trinajstić information content (AvgIpc) is 2.35. The van der Waals surface area contributed by atoms with Gasteiger partial charge in [0.1, 0.15) is 0 Å². The van der Waals surface area contributed by atoms with E-state index >= 15 is 0 Å². The summed E-state index contributed by atoms with van der Waals surface area (Å²) in [6.45, 7) is 6.48. The summed E-state index contributed by atoms with van der Waals surface area (Å²) < 4.78 is 28.7. The molecule has 0 aromatic heterocycles. The molecule has 0 N–H and O–H groups in total. The molecular weight excluding hydrogens is 248 g/mol. The van der Waals surface area contributed by atoms with Gasteiger partial charge in [0.2, 0.25) is 0 Å². The Balaban J connectivity index is 2.48. The predicted octanol–water partition coefficient (Wildman–Crippen LogP) is 3.53. The van der Waals surface area contributed by atoms with Crippen LogP contribution in [0, 0.1) is 12.8 Å². The van der Waals surface area contributed by atoms with Crippen LogP contribution in [0.2, 0.25) is 0 Å². The maximum Gasteiger partial charge on any atom is 0.296 e. The van der Waals surface area contributed by atoms with Gasteiger partial charge in [0.15, 0.2) is 0 Å². The van der Waals surface area contributed by atoms with E-state index in [1.54, 1.807) is 24.3 Å². The van der Waals surface area contributed by atoms with E-state index in [-0.39, 0.29) is 11.5 Å². The van der Waals surface area contributed by atoms with Gasteiger partial charge in [-0.05, 0) is 37.8 Å². The van der Waals surface area contributed by atoms with Crippen LogP contribution in [-0.2, 0) is 14.3 Å². The summed E-state index contributed by atoms with van der Waals surface area (Å²) >= 11 is 0. The summed E-state index contributed by atoms with van der Waals surface area (Å²) in [6, 6.07) is 6.71. The molecule has 1 unspecified atom stereocenters. The Labute approximate surface area is 110 Å². The zero-order valence-corrected chi connectivity index (χ0v) is 12.2. The van der Waals surface area contributed by atoms with E-state index in [4.69, 9.17) is 4.18 Å². The number of benzene rings is 1. The second-order valence-electron chi connectivity index (χ2n) is 4.74. The van der Waals surface area contributed by atoms with Gasteiger partial charge in [-0.25, -0.2) is 0 Å². The summed E-state index contributed by atoms with van der Waals surface area (Å²) in [7, 11) is -3.58. The van der Waals surface area contributed by atoms with Crippen molar-refractivity contribution >= 4 is 10.1 Å². The Kier molecular flexibility index (Phi) is 5.82. The Morgan fingerprint density at radius 3 is 2.39 bits per heavy atom. The molecule has 102 valence electrons. The third-order valence-corrected chi connectivity index (χ3v) is 4.41. The van der Waals surface area contributed by atoms with E-state index in [0.717, 1.165) is 24.8 Å². The average molecular weight is 270 g/mol. The first-order valence-corrected chi connectivity index (χ1v) is 7.82. The summed E-state index contributed by atoms with van der Waals surface area (Å²) in [6.07, 6.45) is 2.89. The highest BCUT2D eigenvalue weighted by Crippen LogP contribution is 2.15. The highest BCUT2D eigenvalue weighted by atomic mass is 32.2. The van der Waals surface area contributed by atoms with Gasteiger partial charge in [-0.15, -0.1) is 0 Å². The first-order valence-electron chi connectivity index (χ1n) is 6.42. The molecule has 0 radical (unpaired) electrons. The Morgan fingerprint density at radius 2 is 1.83 bits per heavy atom. The molecule has 1 aromatic carbocycles. The highest BCUT2D eigenvalue weighted by Gasteiger charge is 2.14. The summed E-state index contributed by atoms with van der Waals surface area (Å²) in [5.41, 5.74) is 1.03. The quantitative estimate of drug-likeness (QED) is 0.562. The third kappa shape index (κ3) is 4.78. The van der Waals surface area contributed by atoms with Crippen LogP contribution in [0.1, 0.15) is 38.7 Å². The molecule has 0 heterocycles. The van der Waals surface area contributed by atoms with Crippen LogP contribution < -0.4 is 0 Å². The molecule has 3 nitrogen and oxygen atoms in total. The topological polar surface area (TPSA) is 43.4 Å². The highest BCUT2D eigenvalue weighted by molar-refractivity contribution is 7.86. The summed E-state index contributed by atoms with van der Waals surface area (Å²) in [5, 5.41) is 0. The van der Waals surface area contributed by atoms with Crippen molar-refractivity contribution in [1.29, 1.82) is 0 Å². The van der Waals surface area contributed by atoms with Gasteiger partial charge in [-0.1, -0.05) is 38.0 Å². The molecule has 0 fully saturated rings. The summed E-state index contributed by atoms with van der Waals surface area (Å²) in [4.78, 5) is 0.233. The number of hydrogen-bond donors (Lipinski definition) is 0. The van der Waals surface area contributed by atoms with Gasteiger partial charge in [-0.3, -0.25) is 4.18 Å². The normalized spacial score (nSPS) is 13.5. The third-order valence-electron chi connectivity index (χ3n) is 3.09. The fourth-order valence-electron chi connectivity index (χ4n) is 1.58. The van der Waals surface area contributed by atoms with Crippen LogP contribution >= 0.6 is 0 Å². The minimum Gasteiger partial charge on any atom is -0.266 e. The maximum atomic E-state index is 11.8. The molecule has 4 heteroatoms. The van der Waals surface area contributed by atoms with Gasteiger partial charge < -0.3 is 0 Å². The van der Waals surface area contributed by atoms with Crippen LogP contribution in [0.25, 0.3) is 0 Å². The molecule has 0 spiro atoms. The van der Waals surface area contributed by atoms with Gasteiger partial charge >= 0.3 is 0 Å². The van der Waals surface area contributed by atoms with Crippen molar-refractivity contribution in [2.45, 2.75) is 44.9 Å². The van der Waals surface area contributed by atoms with E-state index < -0.39 is 10.1 Å². The minimum atomic E-state index is -3.58. The second-order valence-corrected chi connectivity index (χ2v) is 6.36. The SMILES string of the molecule is CCC(C)CCCOS(=O)(=O)c1ccc(C)cc1. The molecule has 0 aliphatic heterocycles. The predicted molar refractivity (Wildman–Crippen MR) is 73.0 cm³/mol. The monoisotopic (exact) mass is 270 g/mol. The van der Waals surface area contributed by atoms with Crippen molar-refractivity contribution in [3.05, 3.63) is 29.8 Å². The molecule has 1 aromatic rings. The van der Waals surface area contributed by atoms with Crippen molar-refractivity contribution in [3.8, 4) is 0 Å². The molecule has 0 saturated heterocycles. The molecule has 0 bridgehead atoms. The van der Waals surface area contributed by atoms with Gasteiger partial charge in [0, 0.05) is 0 Å². The number of aryl methyl sites for hydroxylation is 1. The van der Waals surface area contributed by atoms with Gasteiger partial charge in [0.05, 0.1) is 11.5 Å². The molecule has 0 amide bonds. The van der Waals surface area contributed by atoms with Crippen molar-refractivity contribution in [2.24, 2.45) is 5.92 Å².